The molecular formula is C20H19BrN4O2S. The molecule has 3 N–H and O–H groups in total. The number of nitrogens with one attached hydrogen (secondary N) is 3. The summed E-state index contributed by atoms with van der Waals surface area (Å²) < 4.78 is 0.947. The van der Waals surface area contributed by atoms with E-state index < -0.39 is 6.03 Å². The Kier molecular flexibility index (Phi) is 6.11. The van der Waals surface area contributed by atoms with E-state index in [2.05, 4.69) is 36.9 Å². The van der Waals surface area contributed by atoms with Crippen LogP contribution in [-0.4, -0.2) is 16.9 Å². The Morgan fingerprint density at radius 1 is 0.964 bits per heavy atom. The van der Waals surface area contributed by atoms with Gasteiger partial charge in [-0.25, -0.2) is 9.78 Å². The van der Waals surface area contributed by atoms with Gasteiger partial charge in [0.05, 0.1) is 5.69 Å². The highest BCUT2D eigenvalue weighted by molar-refractivity contribution is 9.10. The Balaban J connectivity index is 1.67. The molecule has 6 nitrogen and oxygen atoms in total. The first-order valence-electron chi connectivity index (χ1n) is 8.51. The number of aromatic nitrogens is 1. The molecule has 28 heavy (non-hydrogen) atoms. The Labute approximate surface area is 175 Å². The molecule has 3 rings (SSSR count). The van der Waals surface area contributed by atoms with Crippen LogP contribution in [0.3, 0.4) is 0 Å². The minimum Gasteiger partial charge on any atom is -0.321 e. The first kappa shape index (κ1) is 20.0. The van der Waals surface area contributed by atoms with Crippen LogP contribution in [0.1, 0.15) is 26.5 Å². The van der Waals surface area contributed by atoms with Crippen LogP contribution in [0.15, 0.2) is 46.9 Å². The first-order chi connectivity index (χ1) is 13.3. The van der Waals surface area contributed by atoms with Gasteiger partial charge in [0.25, 0.3) is 5.91 Å². The van der Waals surface area contributed by atoms with Crippen molar-refractivity contribution in [1.82, 2.24) is 4.98 Å². The molecule has 0 aliphatic carbocycles. The Morgan fingerprint density at radius 2 is 1.68 bits per heavy atom. The summed E-state index contributed by atoms with van der Waals surface area (Å²) in [4.78, 5) is 29.5. The van der Waals surface area contributed by atoms with Crippen LogP contribution >= 0.6 is 27.3 Å². The SMILES string of the molecule is Cc1ccc(NC(=O)Nc2nc(C)c(C(=O)Nc3ccc(Br)cc3C)s2)cc1. The molecule has 0 saturated heterocycles. The number of thiazole rings is 1. The monoisotopic (exact) mass is 458 g/mol. The third-order valence-electron chi connectivity index (χ3n) is 3.97. The van der Waals surface area contributed by atoms with Gasteiger partial charge in [-0.2, -0.15) is 0 Å². The van der Waals surface area contributed by atoms with Crippen molar-refractivity contribution >= 4 is 55.7 Å². The van der Waals surface area contributed by atoms with E-state index in [4.69, 9.17) is 0 Å². The summed E-state index contributed by atoms with van der Waals surface area (Å²) in [6.07, 6.45) is 0. The summed E-state index contributed by atoms with van der Waals surface area (Å²) in [6, 6.07) is 12.7. The summed E-state index contributed by atoms with van der Waals surface area (Å²) in [5.41, 5.74) is 4.02. The average Bonchev–Trinajstić information content (AvgIpc) is 2.99. The van der Waals surface area contributed by atoms with Crippen LogP contribution in [0.25, 0.3) is 0 Å². The number of hydrogen-bond acceptors (Lipinski definition) is 4. The zero-order chi connectivity index (χ0) is 20.3. The van der Waals surface area contributed by atoms with Crippen molar-refractivity contribution in [3.63, 3.8) is 0 Å². The second kappa shape index (κ2) is 8.53. The molecule has 0 unspecified atom stereocenters. The smallest absolute Gasteiger partial charge is 0.321 e. The topological polar surface area (TPSA) is 83.1 Å². The molecule has 0 fully saturated rings. The number of nitrogens with zero attached hydrogens (tertiary/aromatic N) is 1. The van der Waals surface area contributed by atoms with Crippen molar-refractivity contribution in [1.29, 1.82) is 0 Å². The van der Waals surface area contributed by atoms with Gasteiger partial charge >= 0.3 is 6.03 Å². The van der Waals surface area contributed by atoms with Crippen molar-refractivity contribution in [3.05, 3.63) is 68.6 Å². The van der Waals surface area contributed by atoms with Gasteiger partial charge < -0.3 is 10.6 Å². The quantitative estimate of drug-likeness (QED) is 0.466. The lowest BCUT2D eigenvalue weighted by Gasteiger charge is -2.08. The zero-order valence-electron chi connectivity index (χ0n) is 15.6. The molecular weight excluding hydrogens is 440 g/mol. The molecule has 0 radical (unpaired) electrons. The number of urea groups is 1. The fraction of sp³-hybridized carbons (Fsp3) is 0.150. The number of halogens is 1. The molecule has 0 spiro atoms. The predicted octanol–water partition coefficient (Wildman–Crippen LogP) is 5.73. The van der Waals surface area contributed by atoms with Crippen LogP contribution in [0.5, 0.6) is 0 Å². The standard InChI is InChI=1S/C20H19BrN4O2S/c1-11-4-7-15(8-5-11)23-19(27)25-20-22-13(3)17(28-20)18(26)24-16-9-6-14(21)10-12(16)2/h4-10H,1-3H3,(H,24,26)(H2,22,23,25,27). The van der Waals surface area contributed by atoms with Gasteiger partial charge in [-0.1, -0.05) is 45.0 Å². The van der Waals surface area contributed by atoms with Gasteiger partial charge in [0.1, 0.15) is 4.88 Å². The van der Waals surface area contributed by atoms with Gasteiger partial charge in [0.15, 0.2) is 5.13 Å². The molecule has 144 valence electrons. The number of amides is 3. The maximum Gasteiger partial charge on any atom is 0.325 e. The molecule has 3 amide bonds. The van der Waals surface area contributed by atoms with Crippen molar-refractivity contribution in [2.75, 3.05) is 16.0 Å². The predicted molar refractivity (Wildman–Crippen MR) is 118 cm³/mol. The van der Waals surface area contributed by atoms with Crippen molar-refractivity contribution in [2.24, 2.45) is 0 Å². The summed E-state index contributed by atoms with van der Waals surface area (Å²) in [6.45, 7) is 5.63. The van der Waals surface area contributed by atoms with Gasteiger partial charge in [0.2, 0.25) is 0 Å². The van der Waals surface area contributed by atoms with E-state index in [9.17, 15) is 9.59 Å². The Hall–Kier alpha value is -2.71. The normalized spacial score (nSPS) is 10.4. The fourth-order valence-corrected chi connectivity index (χ4v) is 3.84. The lowest BCUT2D eigenvalue weighted by atomic mass is 10.2. The van der Waals surface area contributed by atoms with E-state index in [0.29, 0.717) is 21.4 Å². The molecule has 1 heterocycles. The molecule has 8 heteroatoms. The lowest BCUT2D eigenvalue weighted by Crippen LogP contribution is -2.19. The first-order valence-corrected chi connectivity index (χ1v) is 10.1. The highest BCUT2D eigenvalue weighted by Gasteiger charge is 2.17. The number of carbonyl (C=O) groups excluding carboxylic acids is 2. The molecule has 2 aromatic carbocycles. The maximum absolute atomic E-state index is 12.6. The highest BCUT2D eigenvalue weighted by atomic mass is 79.9. The minimum absolute atomic E-state index is 0.257. The van der Waals surface area contributed by atoms with Crippen molar-refractivity contribution in [3.8, 4) is 0 Å². The van der Waals surface area contributed by atoms with Crippen LogP contribution in [0.2, 0.25) is 0 Å². The summed E-state index contributed by atoms with van der Waals surface area (Å²) in [5.74, 6) is -0.257. The zero-order valence-corrected chi connectivity index (χ0v) is 18.0. The van der Waals surface area contributed by atoms with E-state index >= 15 is 0 Å². The van der Waals surface area contributed by atoms with Gasteiger partial charge in [0, 0.05) is 15.8 Å². The summed E-state index contributed by atoms with van der Waals surface area (Å²) in [5, 5.41) is 8.66. The van der Waals surface area contributed by atoms with Crippen LogP contribution in [0.4, 0.5) is 21.3 Å². The van der Waals surface area contributed by atoms with Crippen LogP contribution in [0, 0.1) is 20.8 Å². The molecule has 0 aliphatic heterocycles. The maximum atomic E-state index is 12.6. The third kappa shape index (κ3) is 4.96. The second-order valence-electron chi connectivity index (χ2n) is 6.29. The fourth-order valence-electron chi connectivity index (χ4n) is 2.50. The number of carbonyl (C=O) groups is 2. The summed E-state index contributed by atoms with van der Waals surface area (Å²) in [7, 11) is 0. The van der Waals surface area contributed by atoms with E-state index in [0.717, 1.165) is 32.6 Å². The highest BCUT2D eigenvalue weighted by Crippen LogP contribution is 2.26. The molecule has 3 aromatic rings. The number of hydrogen-bond donors (Lipinski definition) is 3. The van der Waals surface area contributed by atoms with Crippen molar-refractivity contribution < 1.29 is 9.59 Å². The number of aryl methyl sites for hydroxylation is 3. The van der Waals surface area contributed by atoms with Crippen molar-refractivity contribution in [2.45, 2.75) is 20.8 Å². The minimum atomic E-state index is -0.409. The molecule has 0 aliphatic rings. The largest absolute Gasteiger partial charge is 0.325 e. The van der Waals surface area contributed by atoms with Crippen LogP contribution < -0.4 is 16.0 Å². The average molecular weight is 459 g/mol. The van der Waals surface area contributed by atoms with Gasteiger partial charge in [-0.05, 0) is 56.7 Å². The molecule has 0 bridgehead atoms. The number of benzene rings is 2. The Morgan fingerprint density at radius 3 is 2.36 bits per heavy atom. The van der Waals surface area contributed by atoms with E-state index in [1.807, 2.05) is 56.3 Å². The van der Waals surface area contributed by atoms with Gasteiger partial charge in [-0.15, -0.1) is 0 Å². The Bertz CT molecular complexity index is 1030. The van der Waals surface area contributed by atoms with E-state index in [1.165, 1.54) is 0 Å². The molecule has 1 aromatic heterocycles. The van der Waals surface area contributed by atoms with E-state index in [-0.39, 0.29) is 5.91 Å². The molecule has 0 atom stereocenters. The van der Waals surface area contributed by atoms with Crippen LogP contribution in [-0.2, 0) is 0 Å². The molecule has 0 saturated carbocycles. The summed E-state index contributed by atoms with van der Waals surface area (Å²) >= 11 is 4.54. The second-order valence-corrected chi connectivity index (χ2v) is 8.21. The lowest BCUT2D eigenvalue weighted by molar-refractivity contribution is 0.102. The third-order valence-corrected chi connectivity index (χ3v) is 5.53. The van der Waals surface area contributed by atoms with E-state index in [1.54, 1.807) is 6.92 Å². The number of anilines is 3. The van der Waals surface area contributed by atoms with Gasteiger partial charge in [-0.3, -0.25) is 10.1 Å². The number of rotatable bonds is 4.